The van der Waals surface area contributed by atoms with Gasteiger partial charge in [0, 0.05) is 45.0 Å². The van der Waals surface area contributed by atoms with Crippen molar-refractivity contribution in [3.63, 3.8) is 0 Å². The van der Waals surface area contributed by atoms with Gasteiger partial charge in [0.2, 0.25) is 11.8 Å². The van der Waals surface area contributed by atoms with Gasteiger partial charge in [-0.2, -0.15) is 0 Å². The molecule has 2 atom stereocenters. The van der Waals surface area contributed by atoms with Crippen LogP contribution in [0.4, 0.5) is 5.69 Å². The van der Waals surface area contributed by atoms with Gasteiger partial charge in [-0.05, 0) is 79.6 Å². The third-order valence-electron chi connectivity index (χ3n) is 8.03. The molecule has 1 aliphatic carbocycles. The Balaban J connectivity index is 1.20. The highest BCUT2D eigenvalue weighted by atomic mass is 16.5. The van der Waals surface area contributed by atoms with Crippen LogP contribution in [-0.4, -0.2) is 79.2 Å². The number of carbonyl (C=O) groups excluding carboxylic acids is 2. The van der Waals surface area contributed by atoms with Crippen molar-refractivity contribution < 1.29 is 19.4 Å². The molecular formula is C30H40N4O4. The molecule has 2 fully saturated rings. The van der Waals surface area contributed by atoms with Crippen molar-refractivity contribution in [3.05, 3.63) is 59.2 Å². The number of aryl methyl sites for hydroxylation is 2. The minimum atomic E-state index is -0.279. The van der Waals surface area contributed by atoms with Gasteiger partial charge in [0.15, 0.2) is 0 Å². The normalized spacial score (nSPS) is 22.1. The quantitative estimate of drug-likeness (QED) is 0.441. The van der Waals surface area contributed by atoms with Crippen LogP contribution < -0.4 is 10.6 Å². The van der Waals surface area contributed by atoms with Gasteiger partial charge >= 0.3 is 0 Å². The summed E-state index contributed by atoms with van der Waals surface area (Å²) in [6.45, 7) is 6.87. The predicted molar refractivity (Wildman–Crippen MR) is 147 cm³/mol. The van der Waals surface area contributed by atoms with Crippen molar-refractivity contribution in [2.75, 3.05) is 57.8 Å². The molecule has 2 aromatic carbocycles. The number of phenolic OH excluding ortho intramolecular Hbond substituents is 1. The van der Waals surface area contributed by atoms with Crippen LogP contribution in [0.5, 0.6) is 5.75 Å². The van der Waals surface area contributed by atoms with Crippen molar-refractivity contribution in [3.8, 4) is 5.75 Å². The van der Waals surface area contributed by atoms with E-state index in [9.17, 15) is 14.7 Å². The zero-order valence-corrected chi connectivity index (χ0v) is 22.2. The number of ether oxygens (including phenoxy) is 1. The number of benzene rings is 2. The predicted octanol–water partition coefficient (Wildman–Crippen LogP) is 2.80. The van der Waals surface area contributed by atoms with Gasteiger partial charge in [0.1, 0.15) is 5.75 Å². The minimum absolute atomic E-state index is 0.0246. The molecule has 3 aliphatic rings. The molecule has 8 heteroatoms. The number of morpholine rings is 1. The average Bonchev–Trinajstić information content (AvgIpc) is 3.41. The number of nitrogens with one attached hydrogen (secondary N) is 2. The fraction of sp³-hybridized carbons (Fsp3) is 0.533. The largest absolute Gasteiger partial charge is 0.508 e. The van der Waals surface area contributed by atoms with E-state index in [1.807, 2.05) is 18.2 Å². The van der Waals surface area contributed by atoms with Crippen LogP contribution in [-0.2, 0) is 33.7 Å². The van der Waals surface area contributed by atoms with E-state index in [2.05, 4.69) is 32.6 Å². The second-order valence-corrected chi connectivity index (χ2v) is 10.9. The highest BCUT2D eigenvalue weighted by molar-refractivity contribution is 5.93. The molecule has 5 rings (SSSR count). The number of aromatic hydroxyl groups is 1. The Kier molecular flexibility index (Phi) is 8.94. The maximum atomic E-state index is 13.4. The Hall–Kier alpha value is -2.94. The second kappa shape index (κ2) is 12.7. The third-order valence-corrected chi connectivity index (χ3v) is 8.03. The molecule has 2 amide bonds. The summed E-state index contributed by atoms with van der Waals surface area (Å²) in [5, 5.41) is 15.9. The Morgan fingerprint density at radius 2 is 1.66 bits per heavy atom. The van der Waals surface area contributed by atoms with Crippen LogP contribution in [0.15, 0.2) is 42.5 Å². The summed E-state index contributed by atoms with van der Waals surface area (Å²) in [6.07, 6.45) is 4.79. The lowest BCUT2D eigenvalue weighted by atomic mass is 9.87. The summed E-state index contributed by atoms with van der Waals surface area (Å²) < 4.78 is 5.41. The van der Waals surface area contributed by atoms with Gasteiger partial charge in [-0.1, -0.05) is 18.2 Å². The minimum Gasteiger partial charge on any atom is -0.508 e. The highest BCUT2D eigenvalue weighted by Gasteiger charge is 2.35. The molecule has 0 aromatic heterocycles. The molecule has 2 heterocycles. The lowest BCUT2D eigenvalue weighted by molar-refractivity contribution is -0.130. The number of anilines is 1. The SMILES string of the molecule is O=C(NCCCN1CCOCC1)[C@H]1C[C@@H](C(=O)Nc2ccc3c(c2)CCC3)CN(Cc2ccc(O)cc2)C1. The molecular weight excluding hydrogens is 480 g/mol. The molecule has 204 valence electrons. The molecule has 2 saturated heterocycles. The van der Waals surface area contributed by atoms with E-state index in [4.69, 9.17) is 4.74 Å². The first-order chi connectivity index (χ1) is 18.5. The van der Waals surface area contributed by atoms with Gasteiger partial charge in [-0.25, -0.2) is 0 Å². The first kappa shape index (κ1) is 26.7. The third kappa shape index (κ3) is 7.12. The molecule has 0 radical (unpaired) electrons. The lowest BCUT2D eigenvalue weighted by Gasteiger charge is -2.36. The fourth-order valence-electron chi connectivity index (χ4n) is 5.94. The van der Waals surface area contributed by atoms with Gasteiger partial charge in [0.05, 0.1) is 25.0 Å². The van der Waals surface area contributed by atoms with Crippen LogP contribution in [0.2, 0.25) is 0 Å². The number of hydrogen-bond acceptors (Lipinski definition) is 6. The monoisotopic (exact) mass is 520 g/mol. The lowest BCUT2D eigenvalue weighted by Crippen LogP contribution is -2.49. The van der Waals surface area contributed by atoms with Crippen molar-refractivity contribution in [1.82, 2.24) is 15.1 Å². The Morgan fingerprint density at radius 1 is 0.921 bits per heavy atom. The van der Waals surface area contributed by atoms with E-state index in [0.29, 0.717) is 32.6 Å². The highest BCUT2D eigenvalue weighted by Crippen LogP contribution is 2.28. The van der Waals surface area contributed by atoms with E-state index in [0.717, 1.165) is 63.4 Å². The maximum Gasteiger partial charge on any atom is 0.228 e. The number of likely N-dealkylation sites (tertiary alicyclic amines) is 1. The molecule has 0 unspecified atom stereocenters. The average molecular weight is 521 g/mol. The topological polar surface area (TPSA) is 94.1 Å². The van der Waals surface area contributed by atoms with Gasteiger partial charge in [0.25, 0.3) is 0 Å². The number of piperidine rings is 1. The van der Waals surface area contributed by atoms with E-state index in [1.54, 1.807) is 12.1 Å². The number of phenols is 1. The van der Waals surface area contributed by atoms with Crippen LogP contribution in [0, 0.1) is 11.8 Å². The molecule has 0 saturated carbocycles. The number of nitrogens with zero attached hydrogens (tertiary/aromatic N) is 2. The number of carbonyl (C=O) groups is 2. The second-order valence-electron chi connectivity index (χ2n) is 10.9. The number of hydrogen-bond donors (Lipinski definition) is 3. The summed E-state index contributed by atoms with van der Waals surface area (Å²) in [6, 6.07) is 13.4. The molecule has 0 bridgehead atoms. The van der Waals surface area contributed by atoms with E-state index in [1.165, 1.54) is 17.5 Å². The van der Waals surface area contributed by atoms with Crippen molar-refractivity contribution in [2.45, 2.75) is 38.6 Å². The number of rotatable bonds is 9. The number of fused-ring (bicyclic) bond motifs is 1. The van der Waals surface area contributed by atoms with Crippen LogP contribution in [0.25, 0.3) is 0 Å². The van der Waals surface area contributed by atoms with Crippen LogP contribution in [0.3, 0.4) is 0 Å². The van der Waals surface area contributed by atoms with Gasteiger partial charge in [-0.15, -0.1) is 0 Å². The van der Waals surface area contributed by atoms with Crippen molar-refractivity contribution in [2.24, 2.45) is 11.8 Å². The van der Waals surface area contributed by atoms with E-state index >= 15 is 0 Å². The molecule has 2 aliphatic heterocycles. The fourth-order valence-corrected chi connectivity index (χ4v) is 5.94. The molecule has 8 nitrogen and oxygen atoms in total. The maximum absolute atomic E-state index is 13.4. The van der Waals surface area contributed by atoms with Gasteiger partial charge in [-0.3, -0.25) is 19.4 Å². The molecule has 0 spiro atoms. The summed E-state index contributed by atoms with van der Waals surface area (Å²) in [4.78, 5) is 31.2. The Bertz CT molecular complexity index is 1100. The molecule has 38 heavy (non-hydrogen) atoms. The zero-order chi connectivity index (χ0) is 26.3. The van der Waals surface area contributed by atoms with Crippen LogP contribution in [0.1, 0.15) is 36.0 Å². The molecule has 2 aromatic rings. The first-order valence-corrected chi connectivity index (χ1v) is 14.0. The zero-order valence-electron chi connectivity index (χ0n) is 22.2. The standard InChI is InChI=1S/C30H40N4O4/c35-28-9-5-22(6-10-28)19-34-20-25(29(36)31-11-2-12-33-13-15-38-16-14-33)17-26(21-34)30(37)32-27-8-7-23-3-1-4-24(23)18-27/h5-10,18,25-26,35H,1-4,11-17,19-21H2,(H,31,36)(H,32,37)/t25-,26+/m0/s1. The van der Waals surface area contributed by atoms with Gasteiger partial charge < -0.3 is 20.5 Å². The Morgan fingerprint density at radius 3 is 2.45 bits per heavy atom. The summed E-state index contributed by atoms with van der Waals surface area (Å²) >= 11 is 0. The molecule has 3 N–H and O–H groups in total. The number of amides is 2. The van der Waals surface area contributed by atoms with Crippen molar-refractivity contribution in [1.29, 1.82) is 0 Å². The van der Waals surface area contributed by atoms with Crippen LogP contribution >= 0.6 is 0 Å². The van der Waals surface area contributed by atoms with E-state index < -0.39 is 0 Å². The summed E-state index contributed by atoms with van der Waals surface area (Å²) in [7, 11) is 0. The van der Waals surface area contributed by atoms with Crippen molar-refractivity contribution >= 4 is 17.5 Å². The first-order valence-electron chi connectivity index (χ1n) is 14.0. The Labute approximate surface area is 225 Å². The van der Waals surface area contributed by atoms with E-state index in [-0.39, 0.29) is 29.4 Å². The smallest absolute Gasteiger partial charge is 0.228 e. The summed E-state index contributed by atoms with van der Waals surface area (Å²) in [5.41, 5.74) is 4.60. The summed E-state index contributed by atoms with van der Waals surface area (Å²) in [5.74, 6) is -0.298.